The largest absolute Gasteiger partial charge is 0.497 e. The van der Waals surface area contributed by atoms with E-state index in [1.54, 1.807) is 49.6 Å². The minimum absolute atomic E-state index is 0.311. The number of nitrogens with one attached hydrogen (secondary N) is 2. The van der Waals surface area contributed by atoms with Crippen LogP contribution in [0.4, 0.5) is 11.4 Å². The van der Waals surface area contributed by atoms with Crippen LogP contribution < -0.4 is 21.3 Å². The number of methoxy groups -OCH3 is 1. The minimum Gasteiger partial charge on any atom is -0.497 e. The van der Waals surface area contributed by atoms with E-state index in [1.807, 2.05) is 0 Å². The molecule has 0 aliphatic rings. The van der Waals surface area contributed by atoms with Crippen LogP contribution in [0, 0.1) is 0 Å². The molecular weight excluding hydrogens is 278 g/mol. The van der Waals surface area contributed by atoms with Crippen LogP contribution in [0.5, 0.6) is 5.75 Å². The van der Waals surface area contributed by atoms with Crippen LogP contribution in [-0.4, -0.2) is 13.0 Å². The quantitative estimate of drug-likeness (QED) is 0.598. The van der Waals surface area contributed by atoms with Gasteiger partial charge in [0, 0.05) is 16.8 Å². The summed E-state index contributed by atoms with van der Waals surface area (Å²) in [7, 11) is 1.56. The second-order valence-electron chi connectivity index (χ2n) is 4.02. The number of anilines is 2. The summed E-state index contributed by atoms with van der Waals surface area (Å²) in [4.78, 5) is 12.2. The number of nitrogens with two attached hydrogens (primary N) is 1. The van der Waals surface area contributed by atoms with Gasteiger partial charge in [0.2, 0.25) is 0 Å². The van der Waals surface area contributed by atoms with Gasteiger partial charge in [0.05, 0.1) is 18.4 Å². The zero-order valence-corrected chi connectivity index (χ0v) is 11.6. The van der Waals surface area contributed by atoms with Crippen molar-refractivity contribution in [3.8, 4) is 5.75 Å². The lowest BCUT2D eigenvalue weighted by molar-refractivity contribution is 0.102. The van der Waals surface area contributed by atoms with Crippen LogP contribution in [0.1, 0.15) is 10.4 Å². The Labute approximate surface area is 121 Å². The highest BCUT2D eigenvalue weighted by Crippen LogP contribution is 2.22. The molecule has 2 aromatic carbocycles. The molecule has 1 amide bonds. The van der Waals surface area contributed by atoms with E-state index in [2.05, 4.69) is 10.7 Å². The summed E-state index contributed by atoms with van der Waals surface area (Å²) in [6.45, 7) is 0. The molecule has 2 aromatic rings. The molecule has 0 aliphatic carbocycles. The lowest BCUT2D eigenvalue weighted by Gasteiger charge is -2.10. The lowest BCUT2D eigenvalue weighted by Crippen LogP contribution is -2.17. The van der Waals surface area contributed by atoms with E-state index < -0.39 is 0 Å². The number of halogens is 1. The lowest BCUT2D eigenvalue weighted by atomic mass is 10.1. The van der Waals surface area contributed by atoms with Gasteiger partial charge in [0.1, 0.15) is 5.75 Å². The van der Waals surface area contributed by atoms with Gasteiger partial charge in [-0.3, -0.25) is 10.6 Å². The molecule has 104 valence electrons. The number of carbonyl (C=O) groups excluding carboxylic acids is 1. The third kappa shape index (κ3) is 3.20. The van der Waals surface area contributed by atoms with Gasteiger partial charge in [0.15, 0.2) is 0 Å². The number of nitrogen functional groups attached to an aromatic ring is 1. The van der Waals surface area contributed by atoms with Crippen LogP contribution in [0.3, 0.4) is 0 Å². The van der Waals surface area contributed by atoms with Crippen molar-refractivity contribution >= 4 is 28.9 Å². The predicted octanol–water partition coefficient (Wildman–Crippen LogP) is 2.89. The number of ether oxygens (including phenoxy) is 1. The Morgan fingerprint density at radius 1 is 1.25 bits per heavy atom. The second-order valence-corrected chi connectivity index (χ2v) is 4.46. The first kappa shape index (κ1) is 14.2. The number of rotatable bonds is 4. The second kappa shape index (κ2) is 6.27. The SMILES string of the molecule is COc1cccc(NC(=O)c2cc(Cl)ccc2NN)c1. The summed E-state index contributed by atoms with van der Waals surface area (Å²) < 4.78 is 5.10. The molecule has 20 heavy (non-hydrogen) atoms. The number of benzene rings is 2. The van der Waals surface area contributed by atoms with E-state index in [-0.39, 0.29) is 5.91 Å². The van der Waals surface area contributed by atoms with Gasteiger partial charge in [-0.2, -0.15) is 0 Å². The van der Waals surface area contributed by atoms with Crippen LogP contribution >= 0.6 is 11.6 Å². The topological polar surface area (TPSA) is 76.4 Å². The molecule has 0 heterocycles. The van der Waals surface area contributed by atoms with Crippen LogP contribution in [-0.2, 0) is 0 Å². The van der Waals surface area contributed by atoms with Gasteiger partial charge >= 0.3 is 0 Å². The Balaban J connectivity index is 2.25. The Morgan fingerprint density at radius 3 is 2.75 bits per heavy atom. The van der Waals surface area contributed by atoms with E-state index >= 15 is 0 Å². The summed E-state index contributed by atoms with van der Waals surface area (Å²) in [5.41, 5.74) is 3.95. The highest BCUT2D eigenvalue weighted by molar-refractivity contribution is 6.31. The maximum atomic E-state index is 12.2. The smallest absolute Gasteiger partial charge is 0.257 e. The highest BCUT2D eigenvalue weighted by atomic mass is 35.5. The average molecular weight is 292 g/mol. The molecule has 0 saturated carbocycles. The van der Waals surface area contributed by atoms with E-state index in [0.717, 1.165) is 0 Å². The fourth-order valence-electron chi connectivity index (χ4n) is 1.73. The maximum absolute atomic E-state index is 12.2. The molecule has 6 heteroatoms. The van der Waals surface area contributed by atoms with Crippen molar-refractivity contribution in [2.75, 3.05) is 17.9 Å². The molecule has 2 rings (SSSR count). The Morgan fingerprint density at radius 2 is 2.05 bits per heavy atom. The van der Waals surface area contributed by atoms with Crippen LogP contribution in [0.2, 0.25) is 5.02 Å². The molecular formula is C14H14ClN3O2. The Hall–Kier alpha value is -2.24. The molecule has 0 atom stereocenters. The van der Waals surface area contributed by atoms with Gasteiger partial charge in [-0.05, 0) is 30.3 Å². The molecule has 0 aliphatic heterocycles. The maximum Gasteiger partial charge on any atom is 0.257 e. The van der Waals surface area contributed by atoms with Gasteiger partial charge in [-0.25, -0.2) is 0 Å². The molecule has 0 unspecified atom stereocenters. The van der Waals surface area contributed by atoms with E-state index in [0.29, 0.717) is 27.7 Å². The molecule has 0 bridgehead atoms. The van der Waals surface area contributed by atoms with E-state index in [9.17, 15) is 4.79 Å². The third-order valence-electron chi connectivity index (χ3n) is 2.71. The molecule has 5 nitrogen and oxygen atoms in total. The summed E-state index contributed by atoms with van der Waals surface area (Å²) in [6, 6.07) is 11.9. The number of amides is 1. The summed E-state index contributed by atoms with van der Waals surface area (Å²) in [5.74, 6) is 5.73. The van der Waals surface area contributed by atoms with Crippen molar-refractivity contribution in [1.29, 1.82) is 0 Å². The highest BCUT2D eigenvalue weighted by Gasteiger charge is 2.12. The van der Waals surface area contributed by atoms with Crippen molar-refractivity contribution in [1.82, 2.24) is 0 Å². The third-order valence-corrected chi connectivity index (χ3v) is 2.94. The number of hydrazine groups is 1. The summed E-state index contributed by atoms with van der Waals surface area (Å²) >= 11 is 5.90. The molecule has 0 aromatic heterocycles. The normalized spacial score (nSPS) is 9.95. The fraction of sp³-hybridized carbons (Fsp3) is 0.0714. The van der Waals surface area contributed by atoms with Crippen molar-refractivity contribution < 1.29 is 9.53 Å². The molecule has 0 radical (unpaired) electrons. The zero-order valence-electron chi connectivity index (χ0n) is 10.8. The van der Waals surface area contributed by atoms with E-state index in [4.69, 9.17) is 22.2 Å². The zero-order chi connectivity index (χ0) is 14.5. The first-order valence-corrected chi connectivity index (χ1v) is 6.23. The van der Waals surface area contributed by atoms with Crippen LogP contribution in [0.25, 0.3) is 0 Å². The number of hydrogen-bond acceptors (Lipinski definition) is 4. The molecule has 0 fully saturated rings. The minimum atomic E-state index is -0.311. The fourth-order valence-corrected chi connectivity index (χ4v) is 1.90. The summed E-state index contributed by atoms with van der Waals surface area (Å²) in [6.07, 6.45) is 0. The monoisotopic (exact) mass is 291 g/mol. The van der Waals surface area contributed by atoms with Crippen molar-refractivity contribution in [2.45, 2.75) is 0 Å². The van der Waals surface area contributed by atoms with Gasteiger partial charge in [-0.1, -0.05) is 17.7 Å². The van der Waals surface area contributed by atoms with Gasteiger partial charge < -0.3 is 15.5 Å². The number of carbonyl (C=O) groups is 1. The number of hydrogen-bond donors (Lipinski definition) is 3. The standard InChI is InChI=1S/C14H14ClN3O2/c1-20-11-4-2-3-10(8-11)17-14(19)12-7-9(15)5-6-13(12)18-16/h2-8,18H,16H2,1H3,(H,17,19). The van der Waals surface area contributed by atoms with E-state index in [1.165, 1.54) is 0 Å². The van der Waals surface area contributed by atoms with Gasteiger partial charge in [0.25, 0.3) is 5.91 Å². The predicted molar refractivity (Wildman–Crippen MR) is 80.2 cm³/mol. The first-order valence-electron chi connectivity index (χ1n) is 5.85. The van der Waals surface area contributed by atoms with Crippen molar-refractivity contribution in [3.05, 3.63) is 53.1 Å². The van der Waals surface area contributed by atoms with Gasteiger partial charge in [-0.15, -0.1) is 0 Å². The molecule has 0 saturated heterocycles. The van der Waals surface area contributed by atoms with Crippen LogP contribution in [0.15, 0.2) is 42.5 Å². The first-order chi connectivity index (χ1) is 9.63. The molecule has 4 N–H and O–H groups in total. The van der Waals surface area contributed by atoms with Crippen molar-refractivity contribution in [2.24, 2.45) is 5.84 Å². The van der Waals surface area contributed by atoms with Crippen molar-refractivity contribution in [3.63, 3.8) is 0 Å². The molecule has 0 spiro atoms. The Bertz CT molecular complexity index is 632. The Kier molecular flexibility index (Phi) is 4.45. The summed E-state index contributed by atoms with van der Waals surface area (Å²) in [5, 5.41) is 3.22. The average Bonchev–Trinajstić information content (AvgIpc) is 2.47.